The van der Waals surface area contributed by atoms with Crippen molar-refractivity contribution in [3.05, 3.63) is 59.9 Å². The summed E-state index contributed by atoms with van der Waals surface area (Å²) in [5.41, 5.74) is 8.15. The molecular weight excluding hydrogens is 264 g/mol. The SMILES string of the molecule is COc1cccc(C(CN)OCCCc2ccncc2)c1. The summed E-state index contributed by atoms with van der Waals surface area (Å²) in [6.45, 7) is 1.14. The quantitative estimate of drug-likeness (QED) is 0.758. The summed E-state index contributed by atoms with van der Waals surface area (Å²) in [4.78, 5) is 4.01. The van der Waals surface area contributed by atoms with E-state index in [-0.39, 0.29) is 6.10 Å². The van der Waals surface area contributed by atoms with E-state index < -0.39 is 0 Å². The molecule has 0 radical (unpaired) electrons. The van der Waals surface area contributed by atoms with Crippen molar-refractivity contribution in [2.45, 2.75) is 18.9 Å². The number of aromatic nitrogens is 1. The van der Waals surface area contributed by atoms with Crippen LogP contribution >= 0.6 is 0 Å². The summed E-state index contributed by atoms with van der Waals surface area (Å²) in [6.07, 6.45) is 5.49. The van der Waals surface area contributed by atoms with E-state index in [1.807, 2.05) is 48.8 Å². The summed E-state index contributed by atoms with van der Waals surface area (Å²) in [7, 11) is 1.66. The Morgan fingerprint density at radius 1 is 1.19 bits per heavy atom. The molecule has 0 saturated heterocycles. The molecule has 1 atom stereocenters. The zero-order valence-electron chi connectivity index (χ0n) is 12.4. The molecule has 0 aliphatic carbocycles. The summed E-state index contributed by atoms with van der Waals surface area (Å²) in [6, 6.07) is 11.9. The van der Waals surface area contributed by atoms with E-state index in [0.29, 0.717) is 13.2 Å². The van der Waals surface area contributed by atoms with Gasteiger partial charge < -0.3 is 15.2 Å². The molecule has 112 valence electrons. The van der Waals surface area contributed by atoms with Crippen LogP contribution in [0.1, 0.15) is 23.7 Å². The number of methoxy groups -OCH3 is 1. The van der Waals surface area contributed by atoms with Crippen LogP contribution in [0.25, 0.3) is 0 Å². The molecule has 4 heteroatoms. The molecule has 4 nitrogen and oxygen atoms in total. The van der Waals surface area contributed by atoms with E-state index in [0.717, 1.165) is 24.2 Å². The molecule has 0 spiro atoms. The highest BCUT2D eigenvalue weighted by atomic mass is 16.5. The Balaban J connectivity index is 1.82. The molecule has 1 unspecified atom stereocenters. The molecule has 0 saturated carbocycles. The number of benzene rings is 1. The zero-order chi connectivity index (χ0) is 14.9. The zero-order valence-corrected chi connectivity index (χ0v) is 12.4. The Bertz CT molecular complexity index is 531. The fourth-order valence-electron chi connectivity index (χ4n) is 2.19. The molecule has 1 heterocycles. The summed E-state index contributed by atoms with van der Waals surface area (Å²) >= 11 is 0. The van der Waals surface area contributed by atoms with Crippen molar-refractivity contribution in [2.24, 2.45) is 5.73 Å². The van der Waals surface area contributed by atoms with Gasteiger partial charge in [-0.25, -0.2) is 0 Å². The first-order valence-corrected chi connectivity index (χ1v) is 7.18. The second-order valence-electron chi connectivity index (χ2n) is 4.83. The second kappa shape index (κ2) is 8.39. The number of hydrogen-bond acceptors (Lipinski definition) is 4. The molecule has 1 aromatic heterocycles. The molecule has 0 bridgehead atoms. The fraction of sp³-hybridized carbons (Fsp3) is 0.353. The van der Waals surface area contributed by atoms with E-state index in [1.54, 1.807) is 7.11 Å². The lowest BCUT2D eigenvalue weighted by Crippen LogP contribution is -2.16. The Morgan fingerprint density at radius 3 is 2.71 bits per heavy atom. The third-order valence-corrected chi connectivity index (χ3v) is 3.36. The first-order valence-electron chi connectivity index (χ1n) is 7.18. The van der Waals surface area contributed by atoms with Gasteiger partial charge in [0.1, 0.15) is 5.75 Å². The second-order valence-corrected chi connectivity index (χ2v) is 4.83. The number of aryl methyl sites for hydroxylation is 1. The van der Waals surface area contributed by atoms with Gasteiger partial charge in [-0.05, 0) is 48.2 Å². The van der Waals surface area contributed by atoms with Crippen molar-refractivity contribution in [2.75, 3.05) is 20.3 Å². The van der Waals surface area contributed by atoms with E-state index >= 15 is 0 Å². The maximum atomic E-state index is 5.90. The monoisotopic (exact) mass is 286 g/mol. The standard InChI is InChI=1S/C17H22N2O2/c1-20-16-6-2-5-15(12-16)17(13-18)21-11-3-4-14-7-9-19-10-8-14/h2,5-10,12,17H,3-4,11,13,18H2,1H3. The number of rotatable bonds is 8. The van der Waals surface area contributed by atoms with Crippen molar-refractivity contribution in [3.8, 4) is 5.75 Å². The topological polar surface area (TPSA) is 57.4 Å². The van der Waals surface area contributed by atoms with Gasteiger partial charge in [-0.2, -0.15) is 0 Å². The van der Waals surface area contributed by atoms with Gasteiger partial charge in [0.2, 0.25) is 0 Å². The maximum Gasteiger partial charge on any atom is 0.119 e. The number of pyridine rings is 1. The molecule has 21 heavy (non-hydrogen) atoms. The Hall–Kier alpha value is -1.91. The van der Waals surface area contributed by atoms with Crippen LogP contribution in [0.2, 0.25) is 0 Å². The van der Waals surface area contributed by atoms with E-state index in [4.69, 9.17) is 15.2 Å². The van der Waals surface area contributed by atoms with Crippen molar-refractivity contribution < 1.29 is 9.47 Å². The predicted octanol–water partition coefficient (Wildman–Crippen LogP) is 2.74. The number of nitrogens with two attached hydrogens (primary N) is 1. The molecule has 0 aliphatic rings. The lowest BCUT2D eigenvalue weighted by Gasteiger charge is -2.17. The number of ether oxygens (including phenoxy) is 2. The summed E-state index contributed by atoms with van der Waals surface area (Å²) < 4.78 is 11.1. The summed E-state index contributed by atoms with van der Waals surface area (Å²) in [5, 5.41) is 0. The number of hydrogen-bond donors (Lipinski definition) is 1. The van der Waals surface area contributed by atoms with Gasteiger partial charge in [0, 0.05) is 25.5 Å². The van der Waals surface area contributed by atoms with E-state index in [1.165, 1.54) is 5.56 Å². The smallest absolute Gasteiger partial charge is 0.119 e. The van der Waals surface area contributed by atoms with Gasteiger partial charge in [0.25, 0.3) is 0 Å². The third-order valence-electron chi connectivity index (χ3n) is 3.36. The molecular formula is C17H22N2O2. The van der Waals surface area contributed by atoms with Crippen LogP contribution < -0.4 is 10.5 Å². The fourth-order valence-corrected chi connectivity index (χ4v) is 2.19. The van der Waals surface area contributed by atoms with Crippen LogP contribution in [0.3, 0.4) is 0 Å². The maximum absolute atomic E-state index is 5.90. The van der Waals surface area contributed by atoms with Crippen LogP contribution in [0.4, 0.5) is 0 Å². The van der Waals surface area contributed by atoms with E-state index in [2.05, 4.69) is 4.98 Å². The predicted molar refractivity (Wildman–Crippen MR) is 83.3 cm³/mol. The van der Waals surface area contributed by atoms with Crippen molar-refractivity contribution in [1.29, 1.82) is 0 Å². The normalized spacial score (nSPS) is 12.1. The number of nitrogens with zero attached hydrogens (tertiary/aromatic N) is 1. The minimum absolute atomic E-state index is 0.0856. The lowest BCUT2D eigenvalue weighted by atomic mass is 10.1. The third kappa shape index (κ3) is 4.85. The summed E-state index contributed by atoms with van der Waals surface area (Å²) in [5.74, 6) is 0.825. The molecule has 2 N–H and O–H groups in total. The highest BCUT2D eigenvalue weighted by Crippen LogP contribution is 2.21. The van der Waals surface area contributed by atoms with Gasteiger partial charge in [0.15, 0.2) is 0 Å². The first-order chi connectivity index (χ1) is 10.3. The Kier molecular flexibility index (Phi) is 6.19. The van der Waals surface area contributed by atoms with Crippen LogP contribution in [-0.2, 0) is 11.2 Å². The molecule has 2 rings (SSSR count). The first kappa shape index (κ1) is 15.5. The van der Waals surface area contributed by atoms with E-state index in [9.17, 15) is 0 Å². The average Bonchev–Trinajstić information content (AvgIpc) is 2.56. The highest BCUT2D eigenvalue weighted by molar-refractivity contribution is 5.30. The van der Waals surface area contributed by atoms with Crippen molar-refractivity contribution in [1.82, 2.24) is 4.98 Å². The molecule has 0 fully saturated rings. The molecule has 2 aromatic rings. The van der Waals surface area contributed by atoms with Gasteiger partial charge in [-0.15, -0.1) is 0 Å². The lowest BCUT2D eigenvalue weighted by molar-refractivity contribution is 0.0569. The average molecular weight is 286 g/mol. The Labute approximate surface area is 125 Å². The molecule has 0 amide bonds. The Morgan fingerprint density at radius 2 is 2.00 bits per heavy atom. The van der Waals surface area contributed by atoms with Crippen molar-refractivity contribution >= 4 is 0 Å². The van der Waals surface area contributed by atoms with Crippen LogP contribution in [-0.4, -0.2) is 25.2 Å². The van der Waals surface area contributed by atoms with Crippen LogP contribution in [0, 0.1) is 0 Å². The van der Waals surface area contributed by atoms with Gasteiger partial charge >= 0.3 is 0 Å². The van der Waals surface area contributed by atoms with Gasteiger partial charge in [-0.1, -0.05) is 12.1 Å². The molecule has 1 aromatic carbocycles. The largest absolute Gasteiger partial charge is 0.497 e. The van der Waals surface area contributed by atoms with Crippen LogP contribution in [0.15, 0.2) is 48.8 Å². The highest BCUT2D eigenvalue weighted by Gasteiger charge is 2.10. The minimum Gasteiger partial charge on any atom is -0.497 e. The van der Waals surface area contributed by atoms with Crippen LogP contribution in [0.5, 0.6) is 5.75 Å². The molecule has 0 aliphatic heterocycles. The van der Waals surface area contributed by atoms with Crippen molar-refractivity contribution in [3.63, 3.8) is 0 Å². The van der Waals surface area contributed by atoms with Gasteiger partial charge in [-0.3, -0.25) is 4.98 Å². The van der Waals surface area contributed by atoms with Gasteiger partial charge in [0.05, 0.1) is 13.2 Å². The minimum atomic E-state index is -0.0856.